The molecule has 3 heterocycles. The number of aromatic nitrogens is 4. The second kappa shape index (κ2) is 7.49. The van der Waals surface area contributed by atoms with Gasteiger partial charge in [-0.3, -0.25) is 15.1 Å². The fraction of sp³-hybridized carbons (Fsp3) is 0.154. The number of hydrogen-bond acceptors (Lipinski definition) is 9. The van der Waals surface area contributed by atoms with E-state index in [1.807, 2.05) is 19.1 Å². The molecule has 0 aliphatic heterocycles. The van der Waals surface area contributed by atoms with E-state index in [9.17, 15) is 4.79 Å². The van der Waals surface area contributed by atoms with Gasteiger partial charge in [-0.15, -0.1) is 21.5 Å². The van der Waals surface area contributed by atoms with Crippen LogP contribution in [0.15, 0.2) is 34.2 Å². The first-order valence-electron chi connectivity index (χ1n) is 6.65. The molecule has 0 atom stereocenters. The van der Waals surface area contributed by atoms with Crippen molar-refractivity contribution < 1.29 is 4.79 Å². The minimum atomic E-state index is -0.301. The Labute approximate surface area is 144 Å². The van der Waals surface area contributed by atoms with E-state index in [1.54, 1.807) is 29.5 Å². The highest BCUT2D eigenvalue weighted by atomic mass is 32.2. The number of carbonyl (C=O) groups is 1. The van der Waals surface area contributed by atoms with Crippen molar-refractivity contribution in [3.05, 3.63) is 35.6 Å². The average Bonchev–Trinajstić information content (AvgIpc) is 3.18. The number of carbonyl (C=O) groups excluding carboxylic acids is 1. The largest absolute Gasteiger partial charge is 0.330 e. The van der Waals surface area contributed by atoms with Crippen LogP contribution in [0.3, 0.4) is 0 Å². The van der Waals surface area contributed by atoms with E-state index in [0.717, 1.165) is 15.8 Å². The maximum Gasteiger partial charge on any atom is 0.277 e. The van der Waals surface area contributed by atoms with Gasteiger partial charge in [0.05, 0.1) is 11.9 Å². The molecule has 10 heteroatoms. The third-order valence-corrected chi connectivity index (χ3v) is 5.16. The van der Waals surface area contributed by atoms with Gasteiger partial charge in [-0.25, -0.2) is 4.98 Å². The number of nitrogens with one attached hydrogen (secondary N) is 2. The maximum absolute atomic E-state index is 12.2. The van der Waals surface area contributed by atoms with Gasteiger partial charge in [0.2, 0.25) is 5.13 Å². The first-order valence-corrected chi connectivity index (χ1v) is 9.33. The Balaban J connectivity index is 1.63. The molecule has 3 aromatic heterocycles. The van der Waals surface area contributed by atoms with Crippen LogP contribution in [-0.2, 0) is 0 Å². The number of nitrogens with zero attached hydrogens (tertiary/aromatic N) is 4. The summed E-state index contributed by atoms with van der Waals surface area (Å²) in [7, 11) is 0. The number of amides is 1. The van der Waals surface area contributed by atoms with E-state index < -0.39 is 0 Å². The van der Waals surface area contributed by atoms with Crippen LogP contribution >= 0.6 is 34.4 Å². The van der Waals surface area contributed by atoms with Gasteiger partial charge >= 0.3 is 0 Å². The van der Waals surface area contributed by atoms with Gasteiger partial charge in [-0.05, 0) is 17.9 Å². The molecule has 0 saturated carbocycles. The fourth-order valence-corrected chi connectivity index (χ4v) is 3.95. The van der Waals surface area contributed by atoms with E-state index in [2.05, 4.69) is 30.8 Å². The first kappa shape index (κ1) is 15.8. The van der Waals surface area contributed by atoms with Crippen molar-refractivity contribution >= 4 is 56.3 Å². The zero-order chi connectivity index (χ0) is 16.1. The normalized spacial score (nSPS) is 10.5. The summed E-state index contributed by atoms with van der Waals surface area (Å²) >= 11 is 4.29. The number of anilines is 3. The van der Waals surface area contributed by atoms with Gasteiger partial charge in [-0.1, -0.05) is 30.0 Å². The molecule has 23 heavy (non-hydrogen) atoms. The highest BCUT2D eigenvalue weighted by molar-refractivity contribution is 8.01. The highest BCUT2D eigenvalue weighted by Crippen LogP contribution is 2.26. The molecular weight excluding hydrogens is 352 g/mol. The third-order valence-electron chi connectivity index (χ3n) is 2.54. The van der Waals surface area contributed by atoms with E-state index in [0.29, 0.717) is 16.0 Å². The smallest absolute Gasteiger partial charge is 0.277 e. The monoisotopic (exact) mass is 364 g/mol. The van der Waals surface area contributed by atoms with Crippen LogP contribution in [0.1, 0.15) is 17.4 Å². The van der Waals surface area contributed by atoms with Crippen molar-refractivity contribution in [2.45, 2.75) is 11.3 Å². The molecular formula is C13H12N6OS3. The Kier molecular flexibility index (Phi) is 5.16. The molecule has 0 fully saturated rings. The zero-order valence-electron chi connectivity index (χ0n) is 12.0. The van der Waals surface area contributed by atoms with Crippen LogP contribution in [-0.4, -0.2) is 31.8 Å². The van der Waals surface area contributed by atoms with Crippen molar-refractivity contribution in [3.63, 3.8) is 0 Å². The summed E-state index contributed by atoms with van der Waals surface area (Å²) in [6, 6.07) is 3.70. The van der Waals surface area contributed by atoms with Gasteiger partial charge in [0.1, 0.15) is 5.69 Å². The van der Waals surface area contributed by atoms with E-state index in [1.165, 1.54) is 22.7 Å². The summed E-state index contributed by atoms with van der Waals surface area (Å²) < 4.78 is 0.833. The Morgan fingerprint density at radius 1 is 1.35 bits per heavy atom. The number of thioether (sulfide) groups is 1. The van der Waals surface area contributed by atoms with Crippen molar-refractivity contribution in [2.75, 3.05) is 16.4 Å². The summed E-state index contributed by atoms with van der Waals surface area (Å²) in [6.07, 6.45) is 3.38. The topological polar surface area (TPSA) is 92.7 Å². The molecule has 118 valence electrons. The molecule has 0 aromatic carbocycles. The Morgan fingerprint density at radius 3 is 3.04 bits per heavy atom. The summed E-state index contributed by atoms with van der Waals surface area (Å²) in [4.78, 5) is 20.5. The van der Waals surface area contributed by atoms with Crippen molar-refractivity contribution in [3.8, 4) is 0 Å². The quantitative estimate of drug-likeness (QED) is 0.511. The van der Waals surface area contributed by atoms with E-state index in [-0.39, 0.29) is 5.91 Å². The number of thiazole rings is 1. The predicted molar refractivity (Wildman–Crippen MR) is 93.9 cm³/mol. The molecule has 0 saturated heterocycles. The summed E-state index contributed by atoms with van der Waals surface area (Å²) in [6.45, 7) is 2.04. The summed E-state index contributed by atoms with van der Waals surface area (Å²) in [5.41, 5.74) is 1.15. The molecule has 0 spiro atoms. The van der Waals surface area contributed by atoms with Crippen LogP contribution in [0.5, 0.6) is 0 Å². The maximum atomic E-state index is 12.2. The molecule has 2 N–H and O–H groups in total. The molecule has 0 radical (unpaired) electrons. The van der Waals surface area contributed by atoms with Gasteiger partial charge in [0.15, 0.2) is 9.47 Å². The number of hydrogen-bond donors (Lipinski definition) is 2. The molecule has 3 rings (SSSR count). The second-order valence-corrected chi connectivity index (χ2v) is 7.51. The lowest BCUT2D eigenvalue weighted by atomic mass is 10.4. The van der Waals surface area contributed by atoms with Crippen LogP contribution in [0, 0.1) is 0 Å². The standard InChI is InChI=1S/C13H12N6OS3/c1-2-21-13-19-18-12(23-13)17-10(20)9-7-22-11(16-9)15-8-4-3-5-14-6-8/h3-7H,2H2,1H3,(H,15,16)(H,17,18,20). The third kappa shape index (κ3) is 4.24. The average molecular weight is 364 g/mol. The van der Waals surface area contributed by atoms with Crippen LogP contribution in [0.2, 0.25) is 0 Å². The molecule has 0 aliphatic rings. The van der Waals surface area contributed by atoms with Gasteiger partial charge in [0.25, 0.3) is 5.91 Å². The van der Waals surface area contributed by atoms with Gasteiger partial charge < -0.3 is 5.32 Å². The molecule has 0 unspecified atom stereocenters. The predicted octanol–water partition coefficient (Wildman–Crippen LogP) is 3.50. The first-order chi connectivity index (χ1) is 11.2. The molecule has 0 bridgehead atoms. The molecule has 0 aliphatic carbocycles. The van der Waals surface area contributed by atoms with Gasteiger partial charge in [-0.2, -0.15) is 0 Å². The minimum absolute atomic E-state index is 0.301. The van der Waals surface area contributed by atoms with Crippen LogP contribution in [0.25, 0.3) is 0 Å². The lowest BCUT2D eigenvalue weighted by Gasteiger charge is -2.00. The van der Waals surface area contributed by atoms with E-state index in [4.69, 9.17) is 0 Å². The lowest BCUT2D eigenvalue weighted by Crippen LogP contribution is -2.12. The van der Waals surface area contributed by atoms with Gasteiger partial charge in [0, 0.05) is 11.6 Å². The SMILES string of the molecule is CCSc1nnc(NC(=O)c2csc(Nc3cccnc3)n2)s1. The number of rotatable bonds is 6. The lowest BCUT2D eigenvalue weighted by molar-refractivity contribution is 0.102. The number of pyridine rings is 1. The zero-order valence-corrected chi connectivity index (χ0v) is 14.5. The van der Waals surface area contributed by atoms with Crippen molar-refractivity contribution in [1.82, 2.24) is 20.2 Å². The Hall–Kier alpha value is -2.04. The van der Waals surface area contributed by atoms with Crippen molar-refractivity contribution in [1.29, 1.82) is 0 Å². The van der Waals surface area contributed by atoms with E-state index >= 15 is 0 Å². The highest BCUT2D eigenvalue weighted by Gasteiger charge is 2.14. The molecule has 1 amide bonds. The second-order valence-electron chi connectivity index (χ2n) is 4.16. The minimum Gasteiger partial charge on any atom is -0.330 e. The molecule has 7 nitrogen and oxygen atoms in total. The van der Waals surface area contributed by atoms with Crippen LogP contribution < -0.4 is 10.6 Å². The van der Waals surface area contributed by atoms with Crippen LogP contribution in [0.4, 0.5) is 16.0 Å². The Bertz CT molecular complexity index is 788. The fourth-order valence-electron chi connectivity index (χ4n) is 1.60. The Morgan fingerprint density at radius 2 is 2.26 bits per heavy atom. The summed E-state index contributed by atoms with van der Waals surface area (Å²) in [5.74, 6) is 0.614. The summed E-state index contributed by atoms with van der Waals surface area (Å²) in [5, 5.41) is 16.5. The molecule has 3 aromatic rings. The van der Waals surface area contributed by atoms with Crippen molar-refractivity contribution in [2.24, 2.45) is 0 Å².